The van der Waals surface area contributed by atoms with E-state index in [9.17, 15) is 0 Å². The summed E-state index contributed by atoms with van der Waals surface area (Å²) in [5, 5.41) is 0. The van der Waals surface area contributed by atoms with Crippen molar-refractivity contribution in [1.82, 2.24) is 0 Å². The maximum absolute atomic E-state index is 5.79. The fourth-order valence-corrected chi connectivity index (χ4v) is 3.90. The first-order valence-electron chi connectivity index (χ1n) is 3.85. The Hall–Kier alpha value is 0.394. The van der Waals surface area contributed by atoms with Crippen molar-refractivity contribution in [3.8, 4) is 0 Å². The molecular formula is C7H20OSi2. The third kappa shape index (κ3) is 8.39. The molecule has 0 unspecified atom stereocenters. The molecule has 0 radical (unpaired) electrons. The summed E-state index contributed by atoms with van der Waals surface area (Å²) in [7, 11) is -1.07. The zero-order valence-electron chi connectivity index (χ0n) is 8.12. The maximum Gasteiger partial charge on any atom is 0.151 e. The summed E-state index contributed by atoms with van der Waals surface area (Å²) >= 11 is 0. The molecule has 0 aromatic carbocycles. The molecule has 10 heavy (non-hydrogen) atoms. The highest BCUT2D eigenvalue weighted by atomic mass is 29.2. The fourth-order valence-electron chi connectivity index (χ4n) is 0.433. The Morgan fingerprint density at radius 3 is 1.60 bits per heavy atom. The lowest BCUT2D eigenvalue weighted by molar-refractivity contribution is 0.143. The van der Waals surface area contributed by atoms with E-state index in [0.29, 0.717) is 0 Å². The molecule has 0 rings (SSSR count). The second-order valence-electron chi connectivity index (χ2n) is 4.96. The van der Waals surface area contributed by atoms with Crippen LogP contribution in [0.25, 0.3) is 0 Å². The van der Waals surface area contributed by atoms with Gasteiger partial charge in [-0.2, -0.15) is 0 Å². The molecule has 0 spiro atoms. The van der Waals surface area contributed by atoms with Crippen LogP contribution in [-0.2, 0) is 4.43 Å². The summed E-state index contributed by atoms with van der Waals surface area (Å²) in [5.41, 5.74) is 0.104. The molecule has 0 bridgehead atoms. The molecule has 0 aliphatic heterocycles. The normalized spacial score (nSPS) is 15.0. The van der Waals surface area contributed by atoms with E-state index >= 15 is 0 Å². The van der Waals surface area contributed by atoms with Crippen molar-refractivity contribution in [1.29, 1.82) is 0 Å². The summed E-state index contributed by atoms with van der Waals surface area (Å²) in [4.78, 5) is 0. The van der Waals surface area contributed by atoms with Crippen LogP contribution in [0.3, 0.4) is 0 Å². The molecule has 0 heterocycles. The van der Waals surface area contributed by atoms with E-state index in [1.54, 1.807) is 0 Å². The SMILES string of the molecule is CC(C)(C)O[SiH2][Si](C)(C)C. The molecule has 62 valence electrons. The van der Waals surface area contributed by atoms with Gasteiger partial charge in [-0.05, 0) is 20.8 Å². The molecule has 0 aliphatic rings. The van der Waals surface area contributed by atoms with E-state index in [-0.39, 0.29) is 14.9 Å². The van der Waals surface area contributed by atoms with Gasteiger partial charge in [-0.3, -0.25) is 0 Å². The van der Waals surface area contributed by atoms with Crippen LogP contribution in [0, 0.1) is 0 Å². The van der Waals surface area contributed by atoms with Crippen LogP contribution >= 0.6 is 0 Å². The van der Waals surface area contributed by atoms with Crippen LogP contribution in [0.5, 0.6) is 0 Å². The second kappa shape index (κ2) is 3.19. The van der Waals surface area contributed by atoms with Crippen molar-refractivity contribution in [2.45, 2.75) is 46.0 Å². The van der Waals surface area contributed by atoms with E-state index in [2.05, 4.69) is 40.4 Å². The lowest BCUT2D eigenvalue weighted by atomic mass is 10.2. The molecule has 0 N–H and O–H groups in total. The third-order valence-electron chi connectivity index (χ3n) is 0.938. The van der Waals surface area contributed by atoms with Crippen LogP contribution in [0.4, 0.5) is 0 Å². The van der Waals surface area contributed by atoms with Gasteiger partial charge in [-0.25, -0.2) is 0 Å². The molecular weight excluding hydrogens is 156 g/mol. The first-order valence-corrected chi connectivity index (χ1v) is 10.3. The van der Waals surface area contributed by atoms with Gasteiger partial charge in [0.2, 0.25) is 0 Å². The van der Waals surface area contributed by atoms with Gasteiger partial charge in [0.05, 0.1) is 7.59 Å². The quantitative estimate of drug-likeness (QED) is 0.582. The Balaban J connectivity index is 3.56. The molecule has 3 heteroatoms. The number of hydrogen-bond acceptors (Lipinski definition) is 1. The summed E-state index contributed by atoms with van der Waals surface area (Å²) in [6, 6.07) is 0. The average Bonchev–Trinajstić information content (AvgIpc) is 1.57. The van der Waals surface area contributed by atoms with Gasteiger partial charge in [0.15, 0.2) is 9.28 Å². The number of hydrogen-bond donors (Lipinski definition) is 0. The van der Waals surface area contributed by atoms with Crippen LogP contribution in [0.1, 0.15) is 20.8 Å². The van der Waals surface area contributed by atoms with E-state index in [0.717, 1.165) is 0 Å². The van der Waals surface area contributed by atoms with Crippen molar-refractivity contribution >= 4 is 16.9 Å². The monoisotopic (exact) mass is 176 g/mol. The molecule has 1 nitrogen and oxygen atoms in total. The van der Waals surface area contributed by atoms with Crippen molar-refractivity contribution < 1.29 is 4.43 Å². The lowest BCUT2D eigenvalue weighted by Crippen LogP contribution is -2.37. The van der Waals surface area contributed by atoms with Gasteiger partial charge in [0.1, 0.15) is 0 Å². The molecule has 0 saturated carbocycles. The highest BCUT2D eigenvalue weighted by Crippen LogP contribution is 2.08. The molecule has 0 aromatic rings. The van der Waals surface area contributed by atoms with Crippen molar-refractivity contribution in [2.24, 2.45) is 0 Å². The Bertz CT molecular complexity index is 85.2. The van der Waals surface area contributed by atoms with Crippen molar-refractivity contribution in [2.75, 3.05) is 0 Å². The standard InChI is InChI=1S/C7H20OSi2/c1-7(2,3)8-9-10(4,5)6/h9H2,1-6H3. The third-order valence-corrected chi connectivity index (χ3v) is 5.85. The topological polar surface area (TPSA) is 9.23 Å². The Labute approximate surface area is 67.9 Å². The van der Waals surface area contributed by atoms with Gasteiger partial charge in [-0.15, -0.1) is 0 Å². The van der Waals surface area contributed by atoms with Crippen molar-refractivity contribution in [3.05, 3.63) is 0 Å². The summed E-state index contributed by atoms with van der Waals surface area (Å²) < 4.78 is 5.79. The zero-order valence-corrected chi connectivity index (χ0v) is 10.5. The summed E-state index contributed by atoms with van der Waals surface area (Å²) in [6.07, 6.45) is 0. The summed E-state index contributed by atoms with van der Waals surface area (Å²) in [6.45, 7) is 13.6. The minimum absolute atomic E-state index is 0.104. The predicted octanol–water partition coefficient (Wildman–Crippen LogP) is 1.72. The first kappa shape index (κ1) is 10.4. The van der Waals surface area contributed by atoms with Crippen LogP contribution < -0.4 is 0 Å². The Morgan fingerprint density at radius 2 is 1.50 bits per heavy atom. The van der Waals surface area contributed by atoms with E-state index < -0.39 is 7.59 Å². The van der Waals surface area contributed by atoms with E-state index in [1.165, 1.54) is 0 Å². The first-order chi connectivity index (χ1) is 4.21. The minimum Gasteiger partial charge on any atom is -0.423 e. The van der Waals surface area contributed by atoms with Gasteiger partial charge in [-0.1, -0.05) is 19.6 Å². The fraction of sp³-hybridized carbons (Fsp3) is 1.00. The Morgan fingerprint density at radius 1 is 1.10 bits per heavy atom. The van der Waals surface area contributed by atoms with Crippen LogP contribution in [0.15, 0.2) is 0 Å². The van der Waals surface area contributed by atoms with Gasteiger partial charge >= 0.3 is 0 Å². The van der Waals surface area contributed by atoms with Crippen LogP contribution in [0.2, 0.25) is 19.6 Å². The molecule has 0 fully saturated rings. The lowest BCUT2D eigenvalue weighted by Gasteiger charge is -2.25. The van der Waals surface area contributed by atoms with Crippen molar-refractivity contribution in [3.63, 3.8) is 0 Å². The van der Waals surface area contributed by atoms with Gasteiger partial charge in [0, 0.05) is 5.60 Å². The maximum atomic E-state index is 5.79. The molecule has 0 aromatic heterocycles. The van der Waals surface area contributed by atoms with E-state index in [4.69, 9.17) is 4.43 Å². The predicted molar refractivity (Wildman–Crippen MR) is 52.7 cm³/mol. The molecule has 0 saturated heterocycles. The van der Waals surface area contributed by atoms with E-state index in [1.807, 2.05) is 0 Å². The highest BCUT2D eigenvalue weighted by molar-refractivity contribution is 7.20. The summed E-state index contributed by atoms with van der Waals surface area (Å²) in [5.74, 6) is 0. The highest BCUT2D eigenvalue weighted by Gasteiger charge is 2.19. The van der Waals surface area contributed by atoms with Gasteiger partial charge < -0.3 is 4.43 Å². The Kier molecular flexibility index (Phi) is 3.32. The minimum atomic E-state index is -0.850. The molecule has 0 aliphatic carbocycles. The molecule has 0 amide bonds. The van der Waals surface area contributed by atoms with Gasteiger partial charge in [0.25, 0.3) is 0 Å². The van der Waals surface area contributed by atoms with Crippen LogP contribution in [-0.4, -0.2) is 22.5 Å². The zero-order chi connectivity index (χ0) is 8.41. The molecule has 0 atom stereocenters. The average molecular weight is 176 g/mol. The largest absolute Gasteiger partial charge is 0.423 e. The number of rotatable bonds is 2. The smallest absolute Gasteiger partial charge is 0.151 e. The second-order valence-corrected chi connectivity index (χ2v) is 17.9.